The molecule has 5 rings (SSSR count). The van der Waals surface area contributed by atoms with E-state index >= 15 is 4.39 Å². The van der Waals surface area contributed by atoms with Crippen molar-refractivity contribution in [2.75, 3.05) is 17.8 Å². The number of methoxy groups -OCH3 is 1. The Bertz CT molecular complexity index is 1780. The normalized spacial score (nSPS) is 15.6. The SMILES string of the molecule is COc1ccc(C(C)C)c(N2C(=O)CS/C2=N\C(=O)NC(C)C(F)c2ccc(-c3ncn(-c4ccc(OC(F)(F)F)cc4)n3)cc2)c1. The first-order valence-corrected chi connectivity index (χ1v) is 15.4. The van der Waals surface area contributed by atoms with Gasteiger partial charge in [0.15, 0.2) is 11.0 Å². The zero-order chi connectivity index (χ0) is 33.9. The van der Waals surface area contributed by atoms with Gasteiger partial charge >= 0.3 is 12.4 Å². The number of halogens is 4. The van der Waals surface area contributed by atoms with E-state index in [0.29, 0.717) is 34.1 Å². The number of amides is 3. The Morgan fingerprint density at radius 3 is 2.34 bits per heavy atom. The predicted molar refractivity (Wildman–Crippen MR) is 170 cm³/mol. The van der Waals surface area contributed by atoms with Gasteiger partial charge in [0.25, 0.3) is 0 Å². The Labute approximate surface area is 271 Å². The van der Waals surface area contributed by atoms with Gasteiger partial charge in [-0.1, -0.05) is 55.9 Å². The number of nitrogens with one attached hydrogen (secondary N) is 1. The first-order valence-electron chi connectivity index (χ1n) is 14.4. The summed E-state index contributed by atoms with van der Waals surface area (Å²) in [6, 6.07) is 15.1. The number of carbonyl (C=O) groups excluding carboxylic acids is 2. The molecule has 1 aliphatic rings. The van der Waals surface area contributed by atoms with E-state index in [4.69, 9.17) is 4.74 Å². The Morgan fingerprint density at radius 2 is 1.70 bits per heavy atom. The minimum absolute atomic E-state index is 0.0806. The van der Waals surface area contributed by atoms with Crippen LogP contribution in [0.4, 0.5) is 28.0 Å². The van der Waals surface area contributed by atoms with E-state index in [9.17, 15) is 22.8 Å². The van der Waals surface area contributed by atoms with E-state index in [1.54, 1.807) is 36.4 Å². The molecule has 1 N–H and O–H groups in total. The van der Waals surface area contributed by atoms with E-state index in [1.165, 1.54) is 42.1 Å². The molecule has 2 heterocycles. The van der Waals surface area contributed by atoms with Crippen LogP contribution in [0.25, 0.3) is 17.1 Å². The van der Waals surface area contributed by atoms with Crippen LogP contribution in [0.15, 0.2) is 78.0 Å². The van der Waals surface area contributed by atoms with E-state index < -0.39 is 24.6 Å². The lowest BCUT2D eigenvalue weighted by molar-refractivity contribution is -0.274. The van der Waals surface area contributed by atoms with Crippen LogP contribution in [-0.4, -0.2) is 57.1 Å². The molecule has 3 aromatic carbocycles. The number of hydrogen-bond donors (Lipinski definition) is 1. The van der Waals surface area contributed by atoms with Gasteiger partial charge in [0, 0.05) is 11.6 Å². The lowest BCUT2D eigenvalue weighted by atomic mass is 10.00. The van der Waals surface area contributed by atoms with Crippen molar-refractivity contribution in [1.29, 1.82) is 0 Å². The molecule has 246 valence electrons. The van der Waals surface area contributed by atoms with Gasteiger partial charge in [0.2, 0.25) is 5.91 Å². The van der Waals surface area contributed by atoms with Gasteiger partial charge in [-0.25, -0.2) is 18.9 Å². The number of rotatable bonds is 9. The summed E-state index contributed by atoms with van der Waals surface area (Å²) in [7, 11) is 1.52. The van der Waals surface area contributed by atoms with Gasteiger partial charge in [0.05, 0.1) is 30.3 Å². The van der Waals surface area contributed by atoms with E-state index in [1.807, 2.05) is 19.9 Å². The minimum Gasteiger partial charge on any atom is -0.497 e. The van der Waals surface area contributed by atoms with Crippen LogP contribution in [-0.2, 0) is 4.79 Å². The highest BCUT2D eigenvalue weighted by molar-refractivity contribution is 8.15. The Hall–Kier alpha value is -4.92. The van der Waals surface area contributed by atoms with Crippen molar-refractivity contribution in [3.05, 3.63) is 84.2 Å². The number of ether oxygens (including phenoxy) is 2. The van der Waals surface area contributed by atoms with E-state index in [2.05, 4.69) is 25.1 Å². The average Bonchev–Trinajstić information content (AvgIpc) is 3.67. The second-order valence-corrected chi connectivity index (χ2v) is 11.8. The van der Waals surface area contributed by atoms with Gasteiger partial charge in [-0.05, 0) is 54.3 Å². The Kier molecular flexibility index (Phi) is 9.84. The first kappa shape index (κ1) is 33.4. The molecule has 47 heavy (non-hydrogen) atoms. The maximum Gasteiger partial charge on any atom is 0.573 e. The third-order valence-electron chi connectivity index (χ3n) is 7.17. The molecule has 0 aliphatic carbocycles. The summed E-state index contributed by atoms with van der Waals surface area (Å²) < 4.78 is 63.3. The number of urea groups is 1. The highest BCUT2D eigenvalue weighted by Gasteiger charge is 2.33. The molecular formula is C32H30F4N6O4S. The summed E-state index contributed by atoms with van der Waals surface area (Å²) in [5, 5.41) is 7.10. The van der Waals surface area contributed by atoms with E-state index in [0.717, 1.165) is 29.5 Å². The number of benzene rings is 3. The van der Waals surface area contributed by atoms with Crippen LogP contribution < -0.4 is 19.7 Å². The number of hydrogen-bond acceptors (Lipinski definition) is 7. The van der Waals surface area contributed by atoms with Crippen molar-refractivity contribution < 1.29 is 36.6 Å². The summed E-state index contributed by atoms with van der Waals surface area (Å²) in [6.07, 6.45) is -4.98. The number of carbonyl (C=O) groups is 2. The van der Waals surface area contributed by atoms with Gasteiger partial charge in [-0.15, -0.1) is 18.3 Å². The fourth-order valence-electron chi connectivity index (χ4n) is 4.83. The second-order valence-electron chi connectivity index (χ2n) is 10.8. The summed E-state index contributed by atoms with van der Waals surface area (Å²) in [4.78, 5) is 35.5. The number of alkyl halides is 4. The summed E-state index contributed by atoms with van der Waals surface area (Å²) in [5.74, 6) is 0.446. The largest absolute Gasteiger partial charge is 0.573 e. The topological polar surface area (TPSA) is 111 Å². The standard InChI is InChI=1S/C32H30F4N6O4S/c1-18(2)25-14-13-24(45-4)15-26(25)42-27(43)16-47-31(42)39-30(44)38-19(3)28(33)20-5-7-21(8-6-20)29-37-17-41(40-29)22-9-11-23(12-10-22)46-32(34,35)36/h5-15,17-19,28H,16H2,1-4H3,(H,38,44)/b39-31-. The van der Waals surface area contributed by atoms with Crippen molar-refractivity contribution >= 4 is 34.6 Å². The number of nitrogens with zero attached hydrogens (tertiary/aromatic N) is 5. The molecule has 3 amide bonds. The Morgan fingerprint density at radius 1 is 1.02 bits per heavy atom. The van der Waals surface area contributed by atoms with Crippen LogP contribution in [0.1, 0.15) is 44.0 Å². The van der Waals surface area contributed by atoms with Crippen LogP contribution in [0.5, 0.6) is 11.5 Å². The molecule has 0 spiro atoms. The molecule has 1 fully saturated rings. The molecule has 2 atom stereocenters. The van der Waals surface area contributed by atoms with Crippen molar-refractivity contribution in [3.63, 3.8) is 0 Å². The minimum atomic E-state index is -4.79. The number of thioether (sulfide) groups is 1. The fourth-order valence-corrected chi connectivity index (χ4v) is 5.68. The number of amidine groups is 1. The molecule has 0 radical (unpaired) electrons. The maximum absolute atomic E-state index is 15.5. The second kappa shape index (κ2) is 13.8. The molecule has 0 bridgehead atoms. The Balaban J connectivity index is 1.24. The summed E-state index contributed by atoms with van der Waals surface area (Å²) >= 11 is 1.12. The molecule has 10 nitrogen and oxygen atoms in total. The third-order valence-corrected chi connectivity index (χ3v) is 8.09. The van der Waals surface area contributed by atoms with Crippen molar-refractivity contribution in [3.8, 4) is 28.6 Å². The molecule has 15 heteroatoms. The molecule has 1 aliphatic heterocycles. The van der Waals surface area contributed by atoms with Crippen molar-refractivity contribution in [2.45, 2.75) is 45.3 Å². The lowest BCUT2D eigenvalue weighted by Crippen LogP contribution is -2.36. The van der Waals surface area contributed by atoms with Crippen LogP contribution in [0.3, 0.4) is 0 Å². The summed E-state index contributed by atoms with van der Waals surface area (Å²) in [6.45, 7) is 5.49. The predicted octanol–water partition coefficient (Wildman–Crippen LogP) is 7.21. The molecule has 2 unspecified atom stereocenters. The van der Waals surface area contributed by atoms with Crippen molar-refractivity contribution in [2.24, 2.45) is 4.99 Å². The highest BCUT2D eigenvalue weighted by atomic mass is 32.2. The lowest BCUT2D eigenvalue weighted by Gasteiger charge is -2.22. The zero-order valence-electron chi connectivity index (χ0n) is 25.7. The number of aromatic nitrogens is 3. The highest BCUT2D eigenvalue weighted by Crippen LogP contribution is 2.36. The third kappa shape index (κ3) is 7.91. The average molecular weight is 671 g/mol. The van der Waals surface area contributed by atoms with Crippen LogP contribution in [0, 0.1) is 0 Å². The smallest absolute Gasteiger partial charge is 0.497 e. The molecule has 1 aromatic heterocycles. The molecular weight excluding hydrogens is 640 g/mol. The van der Waals surface area contributed by atoms with Crippen molar-refractivity contribution in [1.82, 2.24) is 20.1 Å². The fraction of sp³-hybridized carbons (Fsp3) is 0.281. The van der Waals surface area contributed by atoms with Gasteiger partial charge in [-0.2, -0.15) is 4.99 Å². The maximum atomic E-state index is 15.5. The summed E-state index contributed by atoms with van der Waals surface area (Å²) in [5.41, 5.74) is 2.77. The number of anilines is 1. The molecule has 4 aromatic rings. The van der Waals surface area contributed by atoms with Crippen LogP contribution >= 0.6 is 11.8 Å². The van der Waals surface area contributed by atoms with E-state index in [-0.39, 0.29) is 28.5 Å². The first-order chi connectivity index (χ1) is 22.3. The van der Waals surface area contributed by atoms with Gasteiger partial charge in [-0.3, -0.25) is 9.69 Å². The van der Waals surface area contributed by atoms with Gasteiger partial charge < -0.3 is 14.8 Å². The number of aliphatic imine (C=N–C) groups is 1. The zero-order valence-corrected chi connectivity index (χ0v) is 26.5. The molecule has 1 saturated heterocycles. The monoisotopic (exact) mass is 670 g/mol. The van der Waals surface area contributed by atoms with Gasteiger partial charge in [0.1, 0.15) is 24.0 Å². The quantitative estimate of drug-likeness (QED) is 0.187. The van der Waals surface area contributed by atoms with Crippen LogP contribution in [0.2, 0.25) is 0 Å². The molecule has 0 saturated carbocycles.